The first-order valence-corrected chi connectivity index (χ1v) is 11.1. The predicted molar refractivity (Wildman–Crippen MR) is 126 cm³/mol. The maximum Gasteiger partial charge on any atom is 0.235 e. The summed E-state index contributed by atoms with van der Waals surface area (Å²) in [4.78, 5) is 22.5. The van der Waals surface area contributed by atoms with Crippen molar-refractivity contribution in [3.05, 3.63) is 48.0 Å². The van der Waals surface area contributed by atoms with Crippen molar-refractivity contribution in [1.29, 1.82) is 0 Å². The molecule has 1 aliphatic rings. The monoisotopic (exact) mass is 465 g/mol. The second-order valence-corrected chi connectivity index (χ2v) is 8.15. The number of hydrogen-bond acceptors (Lipinski definition) is 9. The summed E-state index contributed by atoms with van der Waals surface area (Å²) in [6, 6.07) is 13.2. The molecular weight excluding hydrogens is 442 g/mol. The highest BCUT2D eigenvalue weighted by atomic mass is 32.2. The van der Waals surface area contributed by atoms with Gasteiger partial charge in [0.05, 0.1) is 37.3 Å². The number of thioether (sulfide) groups is 1. The molecule has 33 heavy (non-hydrogen) atoms. The molecule has 1 aromatic heterocycles. The van der Waals surface area contributed by atoms with E-state index in [0.29, 0.717) is 28.2 Å². The number of nitrogens with one attached hydrogen (secondary N) is 1. The number of tetrazole rings is 1. The average molecular weight is 466 g/mol. The summed E-state index contributed by atoms with van der Waals surface area (Å²) < 4.78 is 12.4. The number of nitrogens with zero attached hydrogens (tertiary/aromatic N) is 6. The molecule has 170 valence electrons. The topological polar surface area (TPSA) is 116 Å². The fourth-order valence-corrected chi connectivity index (χ4v) is 4.13. The second kappa shape index (κ2) is 9.82. The van der Waals surface area contributed by atoms with E-state index in [9.17, 15) is 4.79 Å². The summed E-state index contributed by atoms with van der Waals surface area (Å²) in [6.07, 6.45) is 0. The van der Waals surface area contributed by atoms with E-state index in [1.54, 1.807) is 21.3 Å². The number of carbonyl (C=O) groups excluding carboxylic acids is 1. The van der Waals surface area contributed by atoms with Crippen molar-refractivity contribution in [2.75, 3.05) is 20.0 Å². The normalized spacial score (nSPS) is 15.1. The van der Waals surface area contributed by atoms with Gasteiger partial charge in [0.2, 0.25) is 11.1 Å². The van der Waals surface area contributed by atoms with Crippen molar-refractivity contribution in [1.82, 2.24) is 25.5 Å². The minimum Gasteiger partial charge on any atom is -0.493 e. The Balaban J connectivity index is 1.69. The van der Waals surface area contributed by atoms with Gasteiger partial charge in [0, 0.05) is 12.8 Å². The number of carbonyl (C=O) groups is 1. The minimum absolute atomic E-state index is 0.129. The van der Waals surface area contributed by atoms with Gasteiger partial charge in [-0.1, -0.05) is 30.0 Å². The van der Waals surface area contributed by atoms with Gasteiger partial charge in [-0.05, 0) is 47.2 Å². The van der Waals surface area contributed by atoms with Gasteiger partial charge in [-0.3, -0.25) is 9.79 Å². The summed E-state index contributed by atoms with van der Waals surface area (Å²) in [5, 5.41) is 14.8. The van der Waals surface area contributed by atoms with Gasteiger partial charge in [0.25, 0.3) is 0 Å². The van der Waals surface area contributed by atoms with Crippen LogP contribution < -0.4 is 14.8 Å². The molecule has 0 saturated heterocycles. The zero-order valence-corrected chi connectivity index (χ0v) is 19.5. The maximum absolute atomic E-state index is 12.9. The van der Waals surface area contributed by atoms with Crippen LogP contribution in [0.25, 0.3) is 0 Å². The van der Waals surface area contributed by atoms with Gasteiger partial charge in [-0.25, -0.2) is 9.67 Å². The van der Waals surface area contributed by atoms with Crippen molar-refractivity contribution >= 4 is 40.6 Å². The third-order valence-electron chi connectivity index (χ3n) is 5.03. The van der Waals surface area contributed by atoms with Crippen molar-refractivity contribution in [3.63, 3.8) is 0 Å². The van der Waals surface area contributed by atoms with Crippen molar-refractivity contribution < 1.29 is 14.3 Å². The van der Waals surface area contributed by atoms with Gasteiger partial charge in [-0.15, -0.1) is 5.10 Å². The summed E-state index contributed by atoms with van der Waals surface area (Å²) in [6.45, 7) is 1.92. The van der Waals surface area contributed by atoms with Crippen LogP contribution in [0.4, 0.5) is 11.4 Å². The molecule has 10 nitrogen and oxygen atoms in total. The van der Waals surface area contributed by atoms with E-state index in [-0.39, 0.29) is 17.6 Å². The molecule has 0 radical (unpaired) electrons. The smallest absolute Gasteiger partial charge is 0.235 e. The fourth-order valence-electron chi connectivity index (χ4n) is 3.48. The number of ether oxygens (including phenoxy) is 2. The van der Waals surface area contributed by atoms with Crippen molar-refractivity contribution in [3.8, 4) is 11.5 Å². The molecule has 0 spiro atoms. The molecule has 0 fully saturated rings. The molecule has 0 saturated carbocycles. The summed E-state index contributed by atoms with van der Waals surface area (Å²) >= 11 is 1.24. The van der Waals surface area contributed by atoms with E-state index < -0.39 is 0 Å². The lowest BCUT2D eigenvalue weighted by molar-refractivity contribution is -0.117. The quantitative estimate of drug-likeness (QED) is 0.556. The number of aromatic nitrogens is 4. The molecule has 1 atom stereocenters. The number of amides is 1. The Labute approximate surface area is 195 Å². The highest BCUT2D eigenvalue weighted by molar-refractivity contribution is 7.99. The van der Waals surface area contributed by atoms with E-state index in [4.69, 9.17) is 19.5 Å². The highest BCUT2D eigenvalue weighted by Gasteiger charge is 2.27. The number of methoxy groups -OCH3 is 2. The number of aryl methyl sites for hydroxylation is 1. The molecule has 4 rings (SSSR count). The van der Waals surface area contributed by atoms with Gasteiger partial charge >= 0.3 is 0 Å². The number of amidine groups is 1. The fraction of sp³-hybridized carbons (Fsp3) is 0.273. The first-order chi connectivity index (χ1) is 16.0. The predicted octanol–water partition coefficient (Wildman–Crippen LogP) is 3.06. The van der Waals surface area contributed by atoms with Crippen LogP contribution in [0.15, 0.2) is 57.6 Å². The largest absolute Gasteiger partial charge is 0.493 e. The van der Waals surface area contributed by atoms with Crippen LogP contribution in [-0.4, -0.2) is 57.6 Å². The molecule has 1 aliphatic heterocycles. The minimum atomic E-state index is -0.386. The highest BCUT2D eigenvalue weighted by Crippen LogP contribution is 2.36. The van der Waals surface area contributed by atoms with Gasteiger partial charge < -0.3 is 14.8 Å². The van der Waals surface area contributed by atoms with Crippen LogP contribution in [0.1, 0.15) is 18.4 Å². The third kappa shape index (κ3) is 4.87. The lowest BCUT2D eigenvalue weighted by Gasteiger charge is -2.20. The Morgan fingerprint density at radius 1 is 1.09 bits per heavy atom. The second-order valence-electron chi connectivity index (χ2n) is 7.21. The van der Waals surface area contributed by atoms with E-state index in [2.05, 4.69) is 20.8 Å². The van der Waals surface area contributed by atoms with Crippen molar-refractivity contribution in [2.24, 2.45) is 17.0 Å². The van der Waals surface area contributed by atoms with Crippen LogP contribution >= 0.6 is 11.8 Å². The summed E-state index contributed by atoms with van der Waals surface area (Å²) in [7, 11) is 4.89. The molecule has 0 aliphatic carbocycles. The Bertz CT molecular complexity index is 1240. The molecule has 11 heteroatoms. The van der Waals surface area contributed by atoms with Crippen LogP contribution in [0.2, 0.25) is 0 Å². The lowest BCUT2D eigenvalue weighted by Crippen LogP contribution is -2.38. The van der Waals surface area contributed by atoms with Crippen molar-refractivity contribution in [2.45, 2.75) is 18.0 Å². The van der Waals surface area contributed by atoms with Crippen LogP contribution in [0, 0.1) is 0 Å². The molecule has 2 aromatic carbocycles. The number of benzene rings is 2. The van der Waals surface area contributed by atoms with Gasteiger partial charge in [0.1, 0.15) is 5.84 Å². The van der Waals surface area contributed by atoms with Crippen LogP contribution in [0.5, 0.6) is 11.5 Å². The first kappa shape index (κ1) is 22.5. The van der Waals surface area contributed by atoms with Crippen LogP contribution in [0.3, 0.4) is 0 Å². The van der Waals surface area contributed by atoms with Gasteiger partial charge in [-0.2, -0.15) is 0 Å². The molecule has 0 bridgehead atoms. The molecule has 2 heterocycles. The number of fused-ring (bicyclic) bond motifs is 1. The maximum atomic E-state index is 12.9. The standard InChI is InChI=1S/C22H23N7O3S/c1-13-20(14-9-10-17(31-3)18(11-14)32-4)21(24-16-8-6-5-7-15(16)23-13)25-19(30)12-33-22-26-27-28-29(22)2/h5-11,20H,12H2,1-4H3,(H,24,25,30)/t20-/m0/s1. The molecule has 1 amide bonds. The lowest BCUT2D eigenvalue weighted by atomic mass is 9.92. The Morgan fingerprint density at radius 3 is 2.48 bits per heavy atom. The summed E-state index contributed by atoms with van der Waals surface area (Å²) in [5.74, 6) is 1.20. The Morgan fingerprint density at radius 2 is 1.82 bits per heavy atom. The molecule has 1 N–H and O–H groups in total. The number of hydrogen-bond donors (Lipinski definition) is 1. The first-order valence-electron chi connectivity index (χ1n) is 10.1. The zero-order chi connectivity index (χ0) is 23.4. The number of para-hydroxylation sites is 2. The SMILES string of the molecule is COc1ccc([C@@H]2C(C)=Nc3ccccc3N=C2NC(=O)CSc2nnnn2C)cc1OC. The molecule has 0 unspecified atom stereocenters. The Hall–Kier alpha value is -3.73. The molecule has 3 aromatic rings. The molecular formula is C22H23N7O3S. The Kier molecular flexibility index (Phi) is 6.68. The van der Waals surface area contributed by atoms with Crippen LogP contribution in [-0.2, 0) is 11.8 Å². The third-order valence-corrected chi connectivity index (χ3v) is 6.04. The van der Waals surface area contributed by atoms with E-state index in [1.807, 2.05) is 49.4 Å². The van der Waals surface area contributed by atoms with Gasteiger partial charge in [0.15, 0.2) is 11.5 Å². The van der Waals surface area contributed by atoms with E-state index in [0.717, 1.165) is 17.0 Å². The number of rotatable bonds is 6. The number of aliphatic imine (C=N–C) groups is 2. The van der Waals surface area contributed by atoms with E-state index >= 15 is 0 Å². The zero-order valence-electron chi connectivity index (χ0n) is 18.6. The average Bonchev–Trinajstić information content (AvgIpc) is 3.17. The van der Waals surface area contributed by atoms with E-state index in [1.165, 1.54) is 16.4 Å². The summed E-state index contributed by atoms with van der Waals surface area (Å²) in [5.41, 5.74) is 3.08.